The molecule has 0 aromatic heterocycles. The Bertz CT molecular complexity index is 699. The van der Waals surface area contributed by atoms with E-state index in [2.05, 4.69) is 5.32 Å². The molecule has 2 aromatic rings. The molecule has 0 aliphatic carbocycles. The molecule has 1 aliphatic heterocycles. The second-order valence-corrected chi connectivity index (χ2v) is 5.94. The summed E-state index contributed by atoms with van der Waals surface area (Å²) in [5, 5.41) is 12.7. The lowest BCUT2D eigenvalue weighted by atomic mass is 9.91. The second kappa shape index (κ2) is 6.84. The van der Waals surface area contributed by atoms with Crippen LogP contribution in [0.3, 0.4) is 0 Å². The third kappa shape index (κ3) is 3.37. The maximum absolute atomic E-state index is 12.5. The number of benzene rings is 2. The predicted octanol–water partition coefficient (Wildman–Crippen LogP) is 2.40. The monoisotopic (exact) mass is 311 g/mol. The lowest BCUT2D eigenvalue weighted by molar-refractivity contribution is -0.122. The minimum Gasteiger partial charge on any atom is -0.493 e. The molecule has 2 N–H and O–H groups in total. The molecule has 0 bridgehead atoms. The Morgan fingerprint density at radius 2 is 1.96 bits per heavy atom. The summed E-state index contributed by atoms with van der Waals surface area (Å²) in [6.45, 7) is 2.38. The predicted molar refractivity (Wildman–Crippen MR) is 88.3 cm³/mol. The smallest absolute Gasteiger partial charge is 0.224 e. The van der Waals surface area contributed by atoms with E-state index in [1.54, 1.807) is 0 Å². The molecule has 2 atom stereocenters. The number of hydrogen-bond donors (Lipinski definition) is 2. The molecular weight excluding hydrogens is 290 g/mol. The number of rotatable bonds is 4. The number of aryl methyl sites for hydroxylation is 1. The van der Waals surface area contributed by atoms with Crippen LogP contribution >= 0.6 is 0 Å². The highest BCUT2D eigenvalue weighted by atomic mass is 16.5. The molecule has 4 heteroatoms. The van der Waals surface area contributed by atoms with Gasteiger partial charge in [0.2, 0.25) is 5.91 Å². The SMILES string of the molecule is Cc1ccccc1CC(=O)N[C@H]1c2ccccc2OC[C@H]1CO. The molecule has 3 rings (SSSR count). The van der Waals surface area contributed by atoms with Crippen LogP contribution in [0, 0.1) is 12.8 Å². The van der Waals surface area contributed by atoms with E-state index < -0.39 is 0 Å². The van der Waals surface area contributed by atoms with Gasteiger partial charge in [0.1, 0.15) is 5.75 Å². The number of carbonyl (C=O) groups excluding carboxylic acids is 1. The number of hydrogen-bond acceptors (Lipinski definition) is 3. The van der Waals surface area contributed by atoms with Gasteiger partial charge in [-0.1, -0.05) is 42.5 Å². The van der Waals surface area contributed by atoms with Gasteiger partial charge in [0, 0.05) is 11.5 Å². The zero-order chi connectivity index (χ0) is 16.2. The Hall–Kier alpha value is -2.33. The lowest BCUT2D eigenvalue weighted by Gasteiger charge is -2.33. The molecule has 1 aliphatic rings. The fraction of sp³-hybridized carbons (Fsp3) is 0.316. The van der Waals surface area contributed by atoms with Crippen molar-refractivity contribution < 1.29 is 14.6 Å². The van der Waals surface area contributed by atoms with Crippen molar-refractivity contribution in [3.63, 3.8) is 0 Å². The lowest BCUT2D eigenvalue weighted by Crippen LogP contribution is -2.40. The van der Waals surface area contributed by atoms with Crippen LogP contribution < -0.4 is 10.1 Å². The Morgan fingerprint density at radius 3 is 2.74 bits per heavy atom. The van der Waals surface area contributed by atoms with Gasteiger partial charge in [0.15, 0.2) is 0 Å². The highest BCUT2D eigenvalue weighted by Crippen LogP contribution is 2.35. The summed E-state index contributed by atoms with van der Waals surface area (Å²) in [5.74, 6) is 0.601. The standard InChI is InChI=1S/C19H21NO3/c1-13-6-2-3-7-14(13)10-18(22)20-19-15(11-21)12-23-17-9-5-4-8-16(17)19/h2-9,15,19,21H,10-12H2,1H3,(H,20,22)/t15-,19-/m1/s1. The fourth-order valence-corrected chi connectivity index (χ4v) is 2.98. The molecule has 0 saturated carbocycles. The van der Waals surface area contributed by atoms with E-state index in [0.717, 1.165) is 22.4 Å². The summed E-state index contributed by atoms with van der Waals surface area (Å²) < 4.78 is 5.66. The number of carbonyl (C=O) groups is 1. The molecule has 0 unspecified atom stereocenters. The second-order valence-electron chi connectivity index (χ2n) is 5.94. The van der Waals surface area contributed by atoms with Crippen molar-refractivity contribution in [2.45, 2.75) is 19.4 Å². The van der Waals surface area contributed by atoms with Gasteiger partial charge in [-0.3, -0.25) is 4.79 Å². The average Bonchev–Trinajstić information content (AvgIpc) is 2.57. The number of para-hydroxylation sites is 1. The van der Waals surface area contributed by atoms with Crippen LogP contribution in [0.2, 0.25) is 0 Å². The summed E-state index contributed by atoms with van der Waals surface area (Å²) in [5.41, 5.74) is 3.05. The van der Waals surface area contributed by atoms with E-state index in [4.69, 9.17) is 4.74 Å². The molecular formula is C19H21NO3. The Balaban J connectivity index is 1.77. The minimum atomic E-state index is -0.221. The van der Waals surface area contributed by atoms with Gasteiger partial charge < -0.3 is 15.2 Å². The summed E-state index contributed by atoms with van der Waals surface area (Å²) in [7, 11) is 0. The van der Waals surface area contributed by atoms with Gasteiger partial charge in [-0.05, 0) is 24.1 Å². The summed E-state index contributed by atoms with van der Waals surface area (Å²) >= 11 is 0. The summed E-state index contributed by atoms with van der Waals surface area (Å²) in [6, 6.07) is 15.3. The van der Waals surface area contributed by atoms with Crippen molar-refractivity contribution in [2.24, 2.45) is 5.92 Å². The Kier molecular flexibility index (Phi) is 4.63. The third-order valence-electron chi connectivity index (χ3n) is 4.34. The van der Waals surface area contributed by atoms with E-state index in [-0.39, 0.29) is 24.5 Å². The zero-order valence-electron chi connectivity index (χ0n) is 13.2. The van der Waals surface area contributed by atoms with Gasteiger partial charge >= 0.3 is 0 Å². The first-order valence-electron chi connectivity index (χ1n) is 7.85. The van der Waals surface area contributed by atoms with Crippen LogP contribution in [-0.2, 0) is 11.2 Å². The van der Waals surface area contributed by atoms with Crippen LogP contribution in [0.15, 0.2) is 48.5 Å². The summed E-state index contributed by atoms with van der Waals surface area (Å²) in [4.78, 5) is 12.5. The van der Waals surface area contributed by atoms with Crippen LogP contribution in [0.1, 0.15) is 22.7 Å². The molecule has 0 fully saturated rings. The summed E-state index contributed by atoms with van der Waals surface area (Å²) in [6.07, 6.45) is 0.338. The van der Waals surface area contributed by atoms with Crippen LogP contribution in [0.5, 0.6) is 5.75 Å². The Morgan fingerprint density at radius 1 is 1.22 bits per heavy atom. The van der Waals surface area contributed by atoms with E-state index in [0.29, 0.717) is 13.0 Å². The van der Waals surface area contributed by atoms with Gasteiger partial charge in [-0.2, -0.15) is 0 Å². The number of ether oxygens (including phenoxy) is 1. The topological polar surface area (TPSA) is 58.6 Å². The zero-order valence-corrected chi connectivity index (χ0v) is 13.2. The molecule has 23 heavy (non-hydrogen) atoms. The van der Waals surface area contributed by atoms with Crippen molar-refractivity contribution in [3.05, 3.63) is 65.2 Å². The molecule has 0 saturated heterocycles. The van der Waals surface area contributed by atoms with E-state index in [1.165, 1.54) is 0 Å². The van der Waals surface area contributed by atoms with Crippen LogP contribution in [0.25, 0.3) is 0 Å². The molecule has 120 valence electrons. The number of fused-ring (bicyclic) bond motifs is 1. The van der Waals surface area contributed by atoms with Crippen LogP contribution in [-0.4, -0.2) is 24.2 Å². The first kappa shape index (κ1) is 15.6. The van der Waals surface area contributed by atoms with E-state index >= 15 is 0 Å². The first-order valence-corrected chi connectivity index (χ1v) is 7.85. The van der Waals surface area contributed by atoms with Crippen molar-refractivity contribution in [2.75, 3.05) is 13.2 Å². The highest BCUT2D eigenvalue weighted by molar-refractivity contribution is 5.79. The average molecular weight is 311 g/mol. The maximum atomic E-state index is 12.5. The largest absolute Gasteiger partial charge is 0.493 e. The van der Waals surface area contributed by atoms with Crippen molar-refractivity contribution in [3.8, 4) is 5.75 Å². The number of aliphatic hydroxyl groups excluding tert-OH is 1. The molecule has 2 aromatic carbocycles. The first-order chi connectivity index (χ1) is 11.2. The van der Waals surface area contributed by atoms with Crippen molar-refractivity contribution in [1.29, 1.82) is 0 Å². The molecule has 1 heterocycles. The van der Waals surface area contributed by atoms with Gasteiger partial charge in [0.25, 0.3) is 0 Å². The highest BCUT2D eigenvalue weighted by Gasteiger charge is 2.31. The number of amides is 1. The quantitative estimate of drug-likeness (QED) is 0.911. The van der Waals surface area contributed by atoms with Gasteiger partial charge in [0.05, 0.1) is 25.7 Å². The maximum Gasteiger partial charge on any atom is 0.224 e. The van der Waals surface area contributed by atoms with Crippen LogP contribution in [0.4, 0.5) is 0 Å². The number of aliphatic hydroxyl groups is 1. The molecule has 0 spiro atoms. The third-order valence-corrected chi connectivity index (χ3v) is 4.34. The number of nitrogens with one attached hydrogen (secondary N) is 1. The van der Waals surface area contributed by atoms with Crippen molar-refractivity contribution in [1.82, 2.24) is 5.32 Å². The van der Waals surface area contributed by atoms with E-state index in [1.807, 2.05) is 55.5 Å². The van der Waals surface area contributed by atoms with Gasteiger partial charge in [-0.15, -0.1) is 0 Å². The molecule has 1 amide bonds. The minimum absolute atomic E-state index is 0.0242. The van der Waals surface area contributed by atoms with Crippen molar-refractivity contribution >= 4 is 5.91 Å². The Labute approximate surface area is 136 Å². The van der Waals surface area contributed by atoms with Gasteiger partial charge in [-0.25, -0.2) is 0 Å². The normalized spacial score (nSPS) is 19.6. The molecule has 4 nitrogen and oxygen atoms in total. The fourth-order valence-electron chi connectivity index (χ4n) is 2.98. The van der Waals surface area contributed by atoms with E-state index in [9.17, 15) is 9.90 Å². The molecule has 0 radical (unpaired) electrons.